The summed E-state index contributed by atoms with van der Waals surface area (Å²) in [4.78, 5) is 24.9. The normalized spacial score (nSPS) is 32.5. The Morgan fingerprint density at radius 2 is 1.93 bits per heavy atom. The number of fused-ring (bicyclic) bond motifs is 1. The van der Waals surface area contributed by atoms with Crippen LogP contribution in [0.3, 0.4) is 0 Å². The van der Waals surface area contributed by atoms with Crippen molar-refractivity contribution in [3.05, 3.63) is 42.0 Å². The van der Waals surface area contributed by atoms with Crippen molar-refractivity contribution in [3.63, 3.8) is 0 Å². The zero-order valence-corrected chi connectivity index (χ0v) is 17.1. The molecule has 0 unspecified atom stereocenters. The highest BCUT2D eigenvalue weighted by atomic mass is 16.5. The molecule has 3 rings (SSSR count). The summed E-state index contributed by atoms with van der Waals surface area (Å²) in [7, 11) is 0. The number of hydrogen-bond acceptors (Lipinski definition) is 4. The van der Waals surface area contributed by atoms with Gasteiger partial charge in [0.25, 0.3) is 0 Å². The van der Waals surface area contributed by atoms with Gasteiger partial charge in [0, 0.05) is 12.0 Å². The number of esters is 1. The third-order valence-corrected chi connectivity index (χ3v) is 6.83. The second-order valence-electron chi connectivity index (χ2n) is 8.99. The van der Waals surface area contributed by atoms with Crippen LogP contribution >= 0.6 is 0 Å². The van der Waals surface area contributed by atoms with Gasteiger partial charge in [0.15, 0.2) is 12.4 Å². The summed E-state index contributed by atoms with van der Waals surface area (Å²) in [5.74, 6) is 0.657. The summed E-state index contributed by atoms with van der Waals surface area (Å²) in [6.45, 7) is 6.15. The van der Waals surface area contributed by atoms with Gasteiger partial charge in [-0.25, -0.2) is 4.79 Å². The van der Waals surface area contributed by atoms with Gasteiger partial charge in [0.1, 0.15) is 0 Å². The first-order chi connectivity index (χ1) is 13.3. The Bertz CT molecular complexity index is 719. The first kappa shape index (κ1) is 20.8. The van der Waals surface area contributed by atoms with Crippen LogP contribution in [0, 0.1) is 29.6 Å². The van der Waals surface area contributed by atoms with E-state index in [2.05, 4.69) is 13.8 Å². The number of carbonyl (C=O) groups excluding carboxylic acids is 2. The molecule has 2 aliphatic rings. The molecule has 0 bridgehead atoms. The van der Waals surface area contributed by atoms with E-state index in [1.54, 1.807) is 6.08 Å². The Kier molecular flexibility index (Phi) is 6.39. The predicted molar refractivity (Wildman–Crippen MR) is 109 cm³/mol. The third-order valence-electron chi connectivity index (χ3n) is 6.83. The first-order valence-corrected chi connectivity index (χ1v) is 10.4. The van der Waals surface area contributed by atoms with Crippen LogP contribution in [-0.2, 0) is 14.3 Å². The average Bonchev–Trinajstić information content (AvgIpc) is 3.11. The zero-order valence-electron chi connectivity index (χ0n) is 17.1. The van der Waals surface area contributed by atoms with Gasteiger partial charge >= 0.3 is 5.97 Å². The molecule has 1 aromatic rings. The zero-order chi connectivity index (χ0) is 20.3. The van der Waals surface area contributed by atoms with Crippen LogP contribution in [0.25, 0.3) is 6.08 Å². The topological polar surface area (TPSA) is 63.6 Å². The Hall–Kier alpha value is -1.94. The lowest BCUT2D eigenvalue weighted by atomic mass is 9.61. The molecular weight excluding hydrogens is 352 g/mol. The second-order valence-corrected chi connectivity index (χ2v) is 8.99. The summed E-state index contributed by atoms with van der Waals surface area (Å²) in [6.07, 6.45) is 6.46. The van der Waals surface area contributed by atoms with E-state index in [1.165, 1.54) is 6.08 Å². The number of Topliss-reactive ketones (excluding diaryl/α,β-unsaturated/α-hetero) is 1. The molecule has 0 radical (unpaired) electrons. The molecular formula is C24H32O4. The van der Waals surface area contributed by atoms with E-state index in [4.69, 9.17) is 4.74 Å². The molecule has 2 fully saturated rings. The Balaban J connectivity index is 1.60. The van der Waals surface area contributed by atoms with Crippen molar-refractivity contribution in [2.24, 2.45) is 29.6 Å². The molecule has 0 heterocycles. The van der Waals surface area contributed by atoms with E-state index in [9.17, 15) is 14.7 Å². The number of benzene rings is 1. The van der Waals surface area contributed by atoms with Crippen LogP contribution in [0.15, 0.2) is 36.4 Å². The number of carbonyl (C=O) groups is 2. The summed E-state index contributed by atoms with van der Waals surface area (Å²) < 4.78 is 5.23. The molecule has 1 aromatic carbocycles. The van der Waals surface area contributed by atoms with Gasteiger partial charge in [-0.05, 0) is 67.9 Å². The minimum absolute atomic E-state index is 0.00249. The monoisotopic (exact) mass is 384 g/mol. The molecule has 0 spiro atoms. The van der Waals surface area contributed by atoms with Crippen molar-refractivity contribution in [1.29, 1.82) is 0 Å². The smallest absolute Gasteiger partial charge is 0.331 e. The Morgan fingerprint density at radius 1 is 1.21 bits per heavy atom. The van der Waals surface area contributed by atoms with E-state index in [0.717, 1.165) is 31.2 Å². The van der Waals surface area contributed by atoms with E-state index >= 15 is 0 Å². The summed E-state index contributed by atoms with van der Waals surface area (Å²) in [6, 6.07) is 9.50. The molecule has 2 saturated carbocycles. The second kappa shape index (κ2) is 8.60. The molecule has 28 heavy (non-hydrogen) atoms. The van der Waals surface area contributed by atoms with Crippen LogP contribution in [0.1, 0.15) is 52.0 Å². The minimum atomic E-state index is -0.694. The highest BCUT2D eigenvalue weighted by molar-refractivity contribution is 5.90. The number of ether oxygens (including phenoxy) is 1. The molecule has 152 valence electrons. The van der Waals surface area contributed by atoms with Gasteiger partial charge in [0.2, 0.25) is 0 Å². The maximum absolute atomic E-state index is 12.9. The molecule has 5 atom stereocenters. The predicted octanol–water partition coefficient (Wildman–Crippen LogP) is 4.27. The van der Waals surface area contributed by atoms with Crippen LogP contribution < -0.4 is 0 Å². The van der Waals surface area contributed by atoms with Gasteiger partial charge in [0.05, 0.1) is 5.60 Å². The maximum Gasteiger partial charge on any atom is 0.331 e. The van der Waals surface area contributed by atoms with Gasteiger partial charge in [-0.15, -0.1) is 0 Å². The number of aliphatic hydroxyl groups is 1. The van der Waals surface area contributed by atoms with Gasteiger partial charge in [-0.2, -0.15) is 0 Å². The van der Waals surface area contributed by atoms with E-state index in [0.29, 0.717) is 11.8 Å². The SMILES string of the molecule is CC(C)[C@@H]1CC[C@](C)(O)[C@@H]2CC[C@H](C(=O)COC(=O)C=Cc3ccccc3)[C@H]21. The van der Waals surface area contributed by atoms with E-state index in [-0.39, 0.29) is 30.1 Å². The van der Waals surface area contributed by atoms with Gasteiger partial charge < -0.3 is 9.84 Å². The Labute approximate surface area is 168 Å². The molecule has 0 saturated heterocycles. The molecule has 0 aromatic heterocycles. The quantitative estimate of drug-likeness (QED) is 0.588. The summed E-state index contributed by atoms with van der Waals surface area (Å²) in [5, 5.41) is 10.8. The summed E-state index contributed by atoms with van der Waals surface area (Å²) >= 11 is 0. The van der Waals surface area contributed by atoms with Crippen molar-refractivity contribution < 1.29 is 19.4 Å². The lowest BCUT2D eigenvalue weighted by Gasteiger charge is -2.46. The minimum Gasteiger partial charge on any atom is -0.455 e. The lowest BCUT2D eigenvalue weighted by molar-refractivity contribution is -0.146. The fourth-order valence-electron chi connectivity index (χ4n) is 5.36. The fraction of sp³-hybridized carbons (Fsp3) is 0.583. The van der Waals surface area contributed by atoms with Crippen LogP contribution in [0.2, 0.25) is 0 Å². The molecule has 4 heteroatoms. The highest BCUT2D eigenvalue weighted by Gasteiger charge is 2.53. The standard InChI is InChI=1S/C24H32O4/c1-16(2)18-13-14-24(3,27)20-11-10-19(23(18)20)21(25)15-28-22(26)12-9-17-7-5-4-6-8-17/h4-9,12,16,18-20,23,27H,10-11,13-15H2,1-3H3/t18-,19+,20+,23+,24-/m0/s1. The molecule has 2 aliphatic carbocycles. The van der Waals surface area contributed by atoms with Crippen LogP contribution in [0.5, 0.6) is 0 Å². The van der Waals surface area contributed by atoms with Crippen molar-refractivity contribution in [2.75, 3.05) is 6.61 Å². The van der Waals surface area contributed by atoms with Crippen LogP contribution in [-0.4, -0.2) is 29.1 Å². The number of hydrogen-bond donors (Lipinski definition) is 1. The molecule has 0 aliphatic heterocycles. The van der Waals surface area contributed by atoms with Crippen molar-refractivity contribution in [3.8, 4) is 0 Å². The fourth-order valence-corrected chi connectivity index (χ4v) is 5.36. The van der Waals surface area contributed by atoms with E-state index < -0.39 is 11.6 Å². The van der Waals surface area contributed by atoms with Crippen molar-refractivity contribution >= 4 is 17.8 Å². The largest absolute Gasteiger partial charge is 0.455 e. The lowest BCUT2D eigenvalue weighted by Crippen LogP contribution is -2.48. The third kappa shape index (κ3) is 4.54. The molecule has 1 N–H and O–H groups in total. The average molecular weight is 385 g/mol. The van der Waals surface area contributed by atoms with Crippen molar-refractivity contribution in [2.45, 2.75) is 52.1 Å². The highest BCUT2D eigenvalue weighted by Crippen LogP contribution is 2.54. The first-order valence-electron chi connectivity index (χ1n) is 10.4. The molecule has 4 nitrogen and oxygen atoms in total. The van der Waals surface area contributed by atoms with E-state index in [1.807, 2.05) is 37.3 Å². The molecule has 0 amide bonds. The number of ketones is 1. The maximum atomic E-state index is 12.9. The van der Waals surface area contributed by atoms with Gasteiger partial charge in [-0.3, -0.25) is 4.79 Å². The Morgan fingerprint density at radius 3 is 2.61 bits per heavy atom. The van der Waals surface area contributed by atoms with Crippen molar-refractivity contribution in [1.82, 2.24) is 0 Å². The van der Waals surface area contributed by atoms with Gasteiger partial charge in [-0.1, -0.05) is 44.2 Å². The number of rotatable bonds is 6. The van der Waals surface area contributed by atoms with Crippen LogP contribution in [0.4, 0.5) is 0 Å². The summed E-state index contributed by atoms with van der Waals surface area (Å²) in [5.41, 5.74) is 0.217.